The second kappa shape index (κ2) is 7.61. The molecule has 0 fully saturated rings. The summed E-state index contributed by atoms with van der Waals surface area (Å²) in [5.41, 5.74) is 0.879. The summed E-state index contributed by atoms with van der Waals surface area (Å²) in [4.78, 5) is 12.0. The van der Waals surface area contributed by atoms with Crippen LogP contribution in [0.25, 0.3) is 0 Å². The first-order valence-electron chi connectivity index (χ1n) is 7.82. The Morgan fingerprint density at radius 3 is 2.58 bits per heavy atom. The standard InChI is InChI=1S/C16H22ClNO5S/c1-10(2)24(20,21)11(3)16(19)18-5-4-12-8-13(17)15-14(9-12)22-6-7-23-15/h8-11H,4-7H2,1-3H3,(H,18,19). The van der Waals surface area contributed by atoms with Gasteiger partial charge in [0.1, 0.15) is 18.5 Å². The highest BCUT2D eigenvalue weighted by atomic mass is 35.5. The van der Waals surface area contributed by atoms with Crippen molar-refractivity contribution >= 4 is 27.3 Å². The van der Waals surface area contributed by atoms with E-state index in [1.165, 1.54) is 6.92 Å². The van der Waals surface area contributed by atoms with Crippen molar-refractivity contribution in [3.8, 4) is 11.5 Å². The van der Waals surface area contributed by atoms with Gasteiger partial charge in [0, 0.05) is 6.54 Å². The van der Waals surface area contributed by atoms with E-state index in [4.69, 9.17) is 21.1 Å². The number of carbonyl (C=O) groups is 1. The minimum absolute atomic E-state index is 0.312. The molecule has 6 nitrogen and oxygen atoms in total. The molecule has 0 bridgehead atoms. The van der Waals surface area contributed by atoms with Crippen molar-refractivity contribution in [2.75, 3.05) is 19.8 Å². The van der Waals surface area contributed by atoms with Gasteiger partial charge in [0.25, 0.3) is 0 Å². The molecule has 1 heterocycles. The number of nitrogens with one attached hydrogen (secondary N) is 1. The molecule has 0 saturated carbocycles. The number of rotatable bonds is 6. The predicted octanol–water partition coefficient (Wildman–Crippen LogP) is 1.98. The lowest BCUT2D eigenvalue weighted by Crippen LogP contribution is -2.41. The molecule has 1 aliphatic rings. The molecule has 134 valence electrons. The number of carbonyl (C=O) groups excluding carboxylic acids is 1. The molecule has 2 rings (SSSR count). The molecule has 8 heteroatoms. The lowest BCUT2D eigenvalue weighted by Gasteiger charge is -2.20. The summed E-state index contributed by atoms with van der Waals surface area (Å²) in [7, 11) is -3.46. The number of ether oxygens (including phenoxy) is 2. The van der Waals surface area contributed by atoms with Gasteiger partial charge in [0.2, 0.25) is 5.91 Å². The zero-order valence-corrected chi connectivity index (χ0v) is 15.5. The van der Waals surface area contributed by atoms with Crippen LogP contribution in [0.4, 0.5) is 0 Å². The summed E-state index contributed by atoms with van der Waals surface area (Å²) in [5, 5.41) is 1.46. The van der Waals surface area contributed by atoms with Gasteiger partial charge in [-0.25, -0.2) is 8.42 Å². The minimum Gasteiger partial charge on any atom is -0.486 e. The van der Waals surface area contributed by atoms with E-state index in [0.29, 0.717) is 42.7 Å². The molecule has 1 aromatic rings. The monoisotopic (exact) mass is 375 g/mol. The van der Waals surface area contributed by atoms with Crippen LogP contribution in [-0.2, 0) is 21.1 Å². The van der Waals surface area contributed by atoms with Gasteiger partial charge in [-0.1, -0.05) is 11.6 Å². The molecule has 0 spiro atoms. The summed E-state index contributed by atoms with van der Waals surface area (Å²) >= 11 is 6.16. The van der Waals surface area contributed by atoms with E-state index in [0.717, 1.165) is 5.56 Å². The van der Waals surface area contributed by atoms with Gasteiger partial charge in [-0.3, -0.25) is 4.79 Å². The number of fused-ring (bicyclic) bond motifs is 1. The highest BCUT2D eigenvalue weighted by Crippen LogP contribution is 2.38. The molecule has 0 saturated heterocycles. The molecule has 1 aromatic carbocycles. The maximum atomic E-state index is 12.0. The van der Waals surface area contributed by atoms with Crippen molar-refractivity contribution in [3.63, 3.8) is 0 Å². The van der Waals surface area contributed by atoms with Crippen molar-refractivity contribution in [2.24, 2.45) is 0 Å². The molecule has 0 aromatic heterocycles. The Kier molecular flexibility index (Phi) is 5.98. The second-order valence-electron chi connectivity index (χ2n) is 5.92. The summed E-state index contributed by atoms with van der Waals surface area (Å²) in [6.45, 7) is 5.78. The van der Waals surface area contributed by atoms with Crippen LogP contribution in [0.3, 0.4) is 0 Å². The molecule has 1 N–H and O–H groups in total. The zero-order valence-electron chi connectivity index (χ0n) is 14.0. The Balaban J connectivity index is 1.95. The number of hydrogen-bond acceptors (Lipinski definition) is 5. The van der Waals surface area contributed by atoms with E-state index in [1.807, 2.05) is 6.07 Å². The Labute approximate surface area is 147 Å². The predicted molar refractivity (Wildman–Crippen MR) is 92.7 cm³/mol. The van der Waals surface area contributed by atoms with E-state index in [9.17, 15) is 13.2 Å². The van der Waals surface area contributed by atoms with Crippen LogP contribution < -0.4 is 14.8 Å². The largest absolute Gasteiger partial charge is 0.486 e. The molecule has 1 unspecified atom stereocenters. The molecule has 1 aliphatic heterocycles. The fourth-order valence-electron chi connectivity index (χ4n) is 2.34. The Morgan fingerprint density at radius 2 is 1.92 bits per heavy atom. The number of benzene rings is 1. The second-order valence-corrected chi connectivity index (χ2v) is 9.16. The van der Waals surface area contributed by atoms with Crippen molar-refractivity contribution < 1.29 is 22.7 Å². The number of amides is 1. The van der Waals surface area contributed by atoms with Crippen LogP contribution in [0.15, 0.2) is 12.1 Å². The zero-order chi connectivity index (χ0) is 17.9. The summed E-state index contributed by atoms with van der Waals surface area (Å²) in [6.07, 6.45) is 0.510. The average molecular weight is 376 g/mol. The minimum atomic E-state index is -3.46. The van der Waals surface area contributed by atoms with Crippen molar-refractivity contribution in [2.45, 2.75) is 37.7 Å². The van der Waals surface area contributed by atoms with Gasteiger partial charge in [0.15, 0.2) is 21.3 Å². The van der Waals surface area contributed by atoms with Crippen molar-refractivity contribution in [3.05, 3.63) is 22.7 Å². The normalized spacial score (nSPS) is 15.2. The molecular formula is C16H22ClNO5S. The van der Waals surface area contributed by atoms with E-state index in [-0.39, 0.29) is 0 Å². The smallest absolute Gasteiger partial charge is 0.238 e. The van der Waals surface area contributed by atoms with Crippen LogP contribution in [0.2, 0.25) is 5.02 Å². The first-order chi connectivity index (χ1) is 11.2. The van der Waals surface area contributed by atoms with Crippen LogP contribution in [0.5, 0.6) is 11.5 Å². The SMILES string of the molecule is CC(C)S(=O)(=O)C(C)C(=O)NCCc1cc(Cl)c2c(c1)OCCO2. The third-order valence-corrected chi connectivity index (χ3v) is 6.68. The topological polar surface area (TPSA) is 81.7 Å². The fourth-order valence-corrected chi connectivity index (χ4v) is 3.83. The summed E-state index contributed by atoms with van der Waals surface area (Å²) < 4.78 is 35.0. The number of halogens is 1. The maximum Gasteiger partial charge on any atom is 0.238 e. The first kappa shape index (κ1) is 18.9. The van der Waals surface area contributed by atoms with Gasteiger partial charge in [0.05, 0.1) is 10.3 Å². The Hall–Kier alpha value is -1.47. The molecule has 0 aliphatic carbocycles. The highest BCUT2D eigenvalue weighted by molar-refractivity contribution is 7.93. The maximum absolute atomic E-state index is 12.0. The summed E-state index contributed by atoms with van der Waals surface area (Å²) in [5.74, 6) is 0.630. The van der Waals surface area contributed by atoms with Crippen molar-refractivity contribution in [1.29, 1.82) is 0 Å². The summed E-state index contributed by atoms with van der Waals surface area (Å²) in [6, 6.07) is 3.58. The quantitative estimate of drug-likeness (QED) is 0.822. The number of sulfone groups is 1. The van der Waals surface area contributed by atoms with E-state index < -0.39 is 26.2 Å². The van der Waals surface area contributed by atoms with Crippen LogP contribution in [0.1, 0.15) is 26.3 Å². The highest BCUT2D eigenvalue weighted by Gasteiger charge is 2.30. The molecule has 1 atom stereocenters. The van der Waals surface area contributed by atoms with Crippen LogP contribution >= 0.6 is 11.6 Å². The number of hydrogen-bond donors (Lipinski definition) is 1. The van der Waals surface area contributed by atoms with Gasteiger partial charge in [-0.05, 0) is 44.9 Å². The molecule has 24 heavy (non-hydrogen) atoms. The van der Waals surface area contributed by atoms with Gasteiger partial charge in [-0.2, -0.15) is 0 Å². The molecule has 1 amide bonds. The van der Waals surface area contributed by atoms with E-state index >= 15 is 0 Å². The van der Waals surface area contributed by atoms with E-state index in [2.05, 4.69) is 5.32 Å². The van der Waals surface area contributed by atoms with Gasteiger partial charge >= 0.3 is 0 Å². The van der Waals surface area contributed by atoms with E-state index in [1.54, 1.807) is 19.9 Å². The third-order valence-electron chi connectivity index (χ3n) is 3.89. The Morgan fingerprint density at radius 1 is 1.25 bits per heavy atom. The van der Waals surface area contributed by atoms with Gasteiger partial charge < -0.3 is 14.8 Å². The fraction of sp³-hybridized carbons (Fsp3) is 0.562. The van der Waals surface area contributed by atoms with Gasteiger partial charge in [-0.15, -0.1) is 0 Å². The van der Waals surface area contributed by atoms with Crippen molar-refractivity contribution in [1.82, 2.24) is 5.32 Å². The Bertz CT molecular complexity index is 717. The molecular weight excluding hydrogens is 354 g/mol. The first-order valence-corrected chi connectivity index (χ1v) is 9.80. The third kappa shape index (κ3) is 4.13. The lowest BCUT2D eigenvalue weighted by atomic mass is 10.1. The average Bonchev–Trinajstić information content (AvgIpc) is 2.54. The molecule has 0 radical (unpaired) electrons. The lowest BCUT2D eigenvalue weighted by molar-refractivity contribution is -0.120. The van der Waals surface area contributed by atoms with Crippen LogP contribution in [-0.4, -0.2) is 44.6 Å². The van der Waals surface area contributed by atoms with Crippen LogP contribution in [0, 0.1) is 0 Å².